The van der Waals surface area contributed by atoms with Crippen molar-refractivity contribution in [1.82, 2.24) is 14.5 Å². The Hall–Kier alpha value is -5.79. The number of azo groups is 2. The quantitative estimate of drug-likeness (QED) is 0.0798. The number of aryl methyl sites for hydroxylation is 4. The van der Waals surface area contributed by atoms with Gasteiger partial charge >= 0.3 is 5.82 Å². The van der Waals surface area contributed by atoms with Crippen molar-refractivity contribution < 1.29 is 42.2 Å². The van der Waals surface area contributed by atoms with Gasteiger partial charge in [0.15, 0.2) is 11.4 Å². The molecule has 2 heterocycles. The summed E-state index contributed by atoms with van der Waals surface area (Å²) in [6.45, 7) is 7.37. The van der Waals surface area contributed by atoms with E-state index < -0.39 is 0 Å². The molecule has 4 aromatic carbocycles. The first-order chi connectivity index (χ1) is 22.1. The molecular weight excluding hydrogens is 643 g/mol. The predicted molar refractivity (Wildman–Crippen MR) is 172 cm³/mol. The number of rotatable bonds is 6. The first-order valence-electron chi connectivity index (χ1n) is 14.3. The molecule has 1 radical (unpaired) electrons. The molecule has 6 rings (SSSR count). The summed E-state index contributed by atoms with van der Waals surface area (Å²) in [6.07, 6.45) is 1.76. The second-order valence-electron chi connectivity index (χ2n) is 10.5. The standard InChI is InChI=1S/2C17H16N4O2.Co/c1-12-8-9-16(22)15(10-12)18-19-17-13(2)11-20(21(17)23)14-6-4-3-5-7-14;1-11-8-9-15(22)14(10-11)18-19-16-12(2)20-21(17(16)23)13-6-4-3-5-7-13;/h3-11,23H,1-2H3;3-10,22-23H,1-2H3;/p+1. The minimum atomic E-state index is -0.0930. The van der Waals surface area contributed by atoms with E-state index in [9.17, 15) is 20.5 Å². The van der Waals surface area contributed by atoms with E-state index in [4.69, 9.17) is 0 Å². The zero-order valence-electron chi connectivity index (χ0n) is 26.0. The summed E-state index contributed by atoms with van der Waals surface area (Å²) in [5.74, 6) is 0.287. The minimum Gasteiger partial charge on any atom is -0.506 e. The summed E-state index contributed by atoms with van der Waals surface area (Å²) in [5, 5.41) is 60.8. The maximum Gasteiger partial charge on any atom is 0.414 e. The fraction of sp³-hybridized carbons (Fsp3) is 0.118. The van der Waals surface area contributed by atoms with Crippen molar-refractivity contribution in [2.24, 2.45) is 20.5 Å². The van der Waals surface area contributed by atoms with Gasteiger partial charge in [0, 0.05) is 21.6 Å². The van der Waals surface area contributed by atoms with Crippen LogP contribution in [0.1, 0.15) is 22.4 Å². The van der Waals surface area contributed by atoms with Gasteiger partial charge in [0.2, 0.25) is 5.88 Å². The number of benzene rings is 4. The van der Waals surface area contributed by atoms with E-state index >= 15 is 0 Å². The average Bonchev–Trinajstić information content (AvgIpc) is 3.51. The summed E-state index contributed by atoms with van der Waals surface area (Å²) in [7, 11) is 0. The number of para-hydroxylation sites is 2. The van der Waals surface area contributed by atoms with Crippen molar-refractivity contribution in [3.63, 3.8) is 0 Å². The van der Waals surface area contributed by atoms with E-state index in [0.29, 0.717) is 22.9 Å². The van der Waals surface area contributed by atoms with Crippen molar-refractivity contribution in [1.29, 1.82) is 0 Å². The van der Waals surface area contributed by atoms with E-state index in [1.807, 2.05) is 81.4 Å². The Morgan fingerprint density at radius 2 is 1.15 bits per heavy atom. The second-order valence-corrected chi connectivity index (χ2v) is 10.5. The van der Waals surface area contributed by atoms with Crippen molar-refractivity contribution in [3.8, 4) is 28.8 Å². The normalized spacial score (nSPS) is 11.0. The van der Waals surface area contributed by atoms with Crippen molar-refractivity contribution in [2.75, 3.05) is 0 Å². The smallest absolute Gasteiger partial charge is 0.414 e. The third kappa shape index (κ3) is 7.90. The van der Waals surface area contributed by atoms with Gasteiger partial charge in [-0.05, 0) is 92.5 Å². The Labute approximate surface area is 281 Å². The molecule has 12 nitrogen and oxygen atoms in total. The van der Waals surface area contributed by atoms with E-state index in [-0.39, 0.29) is 39.8 Å². The molecule has 0 aliphatic rings. The zero-order chi connectivity index (χ0) is 32.8. The largest absolute Gasteiger partial charge is 0.506 e. The molecule has 0 unspecified atom stereocenters. The van der Waals surface area contributed by atoms with Crippen molar-refractivity contribution in [2.45, 2.75) is 27.7 Å². The van der Waals surface area contributed by atoms with E-state index in [1.54, 1.807) is 54.2 Å². The molecule has 241 valence electrons. The molecule has 0 fully saturated rings. The third-order valence-corrected chi connectivity index (χ3v) is 6.86. The van der Waals surface area contributed by atoms with Crippen molar-refractivity contribution in [3.05, 3.63) is 126 Å². The van der Waals surface area contributed by atoms with Gasteiger partial charge in [-0.2, -0.15) is 14.5 Å². The molecule has 47 heavy (non-hydrogen) atoms. The fourth-order valence-electron chi connectivity index (χ4n) is 4.44. The predicted octanol–water partition coefficient (Wildman–Crippen LogP) is 8.05. The molecule has 0 amide bonds. The van der Waals surface area contributed by atoms with E-state index in [2.05, 4.69) is 25.6 Å². The number of aromatic hydroxyl groups is 3. The molecule has 2 aromatic heterocycles. The van der Waals surface area contributed by atoms with Gasteiger partial charge < -0.3 is 20.5 Å². The Bertz CT molecular complexity index is 1890. The number of hydrogen-bond acceptors (Lipinski definition) is 9. The van der Waals surface area contributed by atoms with Crippen LogP contribution >= 0.6 is 0 Å². The van der Waals surface area contributed by atoms with Crippen LogP contribution in [0, 0.1) is 27.7 Å². The van der Waals surface area contributed by atoms with Crippen LogP contribution < -0.4 is 4.85 Å². The summed E-state index contributed by atoms with van der Waals surface area (Å²) < 4.78 is 2.97. The summed E-state index contributed by atoms with van der Waals surface area (Å²) >= 11 is 0. The van der Waals surface area contributed by atoms with E-state index in [1.165, 1.54) is 4.68 Å². The van der Waals surface area contributed by atoms with Gasteiger partial charge in [0.05, 0.1) is 33.9 Å². The molecule has 0 atom stereocenters. The first-order valence-corrected chi connectivity index (χ1v) is 14.3. The third-order valence-electron chi connectivity index (χ3n) is 6.86. The maximum absolute atomic E-state index is 10.3. The maximum atomic E-state index is 10.3. The summed E-state index contributed by atoms with van der Waals surface area (Å²) in [6, 6.07) is 28.8. The molecule has 0 spiro atoms. The molecule has 0 aliphatic carbocycles. The van der Waals surface area contributed by atoms with Crippen LogP contribution in [0.15, 0.2) is 124 Å². The minimum absolute atomic E-state index is 0. The molecular formula is C34H33CoN8O4+. The molecule has 0 bridgehead atoms. The number of hydrogen-bond donors (Lipinski definition) is 4. The van der Waals surface area contributed by atoms with Gasteiger partial charge in [0.25, 0.3) is 0 Å². The summed E-state index contributed by atoms with van der Waals surface area (Å²) in [5.41, 5.74) is 5.73. The Balaban J connectivity index is 0.000000208. The molecule has 0 saturated heterocycles. The Kier molecular flexibility index (Phi) is 10.9. The van der Waals surface area contributed by atoms with Gasteiger partial charge in [-0.3, -0.25) is 0 Å². The molecule has 6 aromatic rings. The molecule has 0 aliphatic heterocycles. The van der Waals surface area contributed by atoms with Gasteiger partial charge in [-0.25, -0.2) is 0 Å². The first kappa shape index (κ1) is 34.1. The molecule has 13 heteroatoms. The number of aromatic nitrogens is 4. The SMILES string of the molecule is Cc1ccc(O)c(N=Nc2c(C)cn(-c3ccccc3)[n+]2O)c1.Cc1ccc(O)c(N=Nc2c(C)nn(-c3ccccc3)c2O)c1.[Co]. The van der Waals surface area contributed by atoms with E-state index in [0.717, 1.165) is 32.9 Å². The molecule has 4 N–H and O–H groups in total. The van der Waals surface area contributed by atoms with Crippen LogP contribution in [0.5, 0.6) is 17.4 Å². The Morgan fingerprint density at radius 3 is 1.70 bits per heavy atom. The second kappa shape index (κ2) is 15.0. The van der Waals surface area contributed by atoms with Crippen molar-refractivity contribution >= 4 is 22.9 Å². The van der Waals surface area contributed by atoms with Crippen LogP contribution in [0.25, 0.3) is 11.4 Å². The number of nitrogens with zero attached hydrogens (tertiary/aromatic N) is 8. The average molecular weight is 677 g/mol. The monoisotopic (exact) mass is 676 g/mol. The van der Waals surface area contributed by atoms with Crippen LogP contribution in [-0.4, -0.2) is 35.0 Å². The van der Waals surface area contributed by atoms with Crippen LogP contribution in [-0.2, 0) is 16.8 Å². The number of phenols is 2. The zero-order valence-corrected chi connectivity index (χ0v) is 27.1. The van der Waals surface area contributed by atoms with Crippen LogP contribution in [0.4, 0.5) is 22.9 Å². The van der Waals surface area contributed by atoms with Crippen LogP contribution in [0.3, 0.4) is 0 Å². The fourth-order valence-corrected chi connectivity index (χ4v) is 4.44. The van der Waals surface area contributed by atoms with Crippen LogP contribution in [0.2, 0.25) is 0 Å². The topological polar surface area (TPSA) is 157 Å². The van der Waals surface area contributed by atoms with Gasteiger partial charge in [-0.15, -0.1) is 10.2 Å². The van der Waals surface area contributed by atoms with Gasteiger partial charge in [-0.1, -0.05) is 48.5 Å². The Morgan fingerprint density at radius 1 is 0.638 bits per heavy atom. The number of phenolic OH excluding ortho intramolecular Hbond substituents is 2. The molecule has 0 saturated carbocycles. The summed E-state index contributed by atoms with van der Waals surface area (Å²) in [4.78, 5) is 0.932. The van der Waals surface area contributed by atoms with Gasteiger partial charge in [0.1, 0.15) is 17.2 Å².